The molecular weight excluding hydrogens is 256 g/mol. The standard InChI is InChI=1S/C15H14N2OS/c1-3-17(2)10-4-6-12-14(8-10)19-15-9-11(18)5-7-13(15)16-12/h4-9H,3H2,1-2H3. The zero-order chi connectivity index (χ0) is 13.4. The lowest BCUT2D eigenvalue weighted by Crippen LogP contribution is -2.15. The van der Waals surface area contributed by atoms with Crippen molar-refractivity contribution >= 4 is 27.2 Å². The molecule has 3 nitrogen and oxygen atoms in total. The van der Waals surface area contributed by atoms with Crippen LogP contribution in [0.25, 0.3) is 20.8 Å². The molecule has 0 saturated carbocycles. The highest BCUT2D eigenvalue weighted by Gasteiger charge is 2.08. The van der Waals surface area contributed by atoms with Crippen molar-refractivity contribution < 1.29 is 0 Å². The summed E-state index contributed by atoms with van der Waals surface area (Å²) in [7, 11) is 2.07. The Morgan fingerprint density at radius 3 is 2.84 bits per heavy atom. The van der Waals surface area contributed by atoms with Gasteiger partial charge in [0.05, 0.1) is 20.8 Å². The Balaban J connectivity index is 2.25. The number of anilines is 1. The Hall–Kier alpha value is -1.94. The van der Waals surface area contributed by atoms with Crippen molar-refractivity contribution in [3.63, 3.8) is 0 Å². The molecule has 0 N–H and O–H groups in total. The van der Waals surface area contributed by atoms with Gasteiger partial charge in [-0.05, 0) is 37.3 Å². The fourth-order valence-electron chi connectivity index (χ4n) is 2.01. The Morgan fingerprint density at radius 2 is 2.05 bits per heavy atom. The van der Waals surface area contributed by atoms with Gasteiger partial charge in [0.15, 0.2) is 5.43 Å². The SMILES string of the molecule is CCN(C)c1ccc2nc3ccc(=O)cc-3sc2c1. The summed E-state index contributed by atoms with van der Waals surface area (Å²) in [6.45, 7) is 3.08. The van der Waals surface area contributed by atoms with Crippen LogP contribution >= 0.6 is 11.3 Å². The largest absolute Gasteiger partial charge is 0.375 e. The predicted octanol–water partition coefficient (Wildman–Crippen LogP) is 3.22. The highest BCUT2D eigenvalue weighted by Crippen LogP contribution is 2.31. The van der Waals surface area contributed by atoms with E-state index in [1.165, 1.54) is 5.69 Å². The van der Waals surface area contributed by atoms with E-state index in [0.717, 1.165) is 27.3 Å². The number of aromatic nitrogens is 1. The molecule has 0 aromatic heterocycles. The van der Waals surface area contributed by atoms with E-state index in [1.807, 2.05) is 6.07 Å². The number of fused-ring (bicyclic) bond motifs is 2. The minimum Gasteiger partial charge on any atom is -0.375 e. The van der Waals surface area contributed by atoms with Gasteiger partial charge >= 0.3 is 0 Å². The van der Waals surface area contributed by atoms with Gasteiger partial charge in [-0.3, -0.25) is 4.79 Å². The van der Waals surface area contributed by atoms with Gasteiger partial charge in [0.2, 0.25) is 0 Å². The molecule has 4 heteroatoms. The van der Waals surface area contributed by atoms with Gasteiger partial charge in [-0.25, -0.2) is 4.98 Å². The Morgan fingerprint density at radius 1 is 1.21 bits per heavy atom. The average molecular weight is 270 g/mol. The normalized spacial score (nSPS) is 11.1. The summed E-state index contributed by atoms with van der Waals surface area (Å²) in [5, 5.41) is 0. The number of hydrogen-bond acceptors (Lipinski definition) is 4. The smallest absolute Gasteiger partial charge is 0.180 e. The lowest BCUT2D eigenvalue weighted by Gasteiger charge is -2.17. The molecule has 0 fully saturated rings. The van der Waals surface area contributed by atoms with E-state index in [2.05, 4.69) is 36.0 Å². The van der Waals surface area contributed by atoms with Gasteiger partial charge < -0.3 is 4.90 Å². The van der Waals surface area contributed by atoms with Crippen molar-refractivity contribution in [3.8, 4) is 10.6 Å². The molecule has 0 radical (unpaired) electrons. The van der Waals surface area contributed by atoms with Crippen molar-refractivity contribution in [2.24, 2.45) is 0 Å². The van der Waals surface area contributed by atoms with Crippen LogP contribution in [0.4, 0.5) is 5.69 Å². The molecule has 0 atom stereocenters. The second-order valence-corrected chi connectivity index (χ2v) is 5.59. The molecule has 1 aromatic carbocycles. The molecule has 96 valence electrons. The quantitative estimate of drug-likeness (QED) is 0.670. The molecule has 0 amide bonds. The Labute approximate surface area is 115 Å². The van der Waals surface area contributed by atoms with Gasteiger partial charge in [0, 0.05) is 25.3 Å². The van der Waals surface area contributed by atoms with Crippen LogP contribution in [0, 0.1) is 0 Å². The van der Waals surface area contributed by atoms with Crippen LogP contribution in [0.3, 0.4) is 0 Å². The van der Waals surface area contributed by atoms with E-state index in [4.69, 9.17) is 0 Å². The van der Waals surface area contributed by atoms with Gasteiger partial charge in [0.25, 0.3) is 0 Å². The maximum atomic E-state index is 11.4. The molecule has 19 heavy (non-hydrogen) atoms. The maximum absolute atomic E-state index is 11.4. The summed E-state index contributed by atoms with van der Waals surface area (Å²) in [4.78, 5) is 19.1. The molecule has 3 rings (SSSR count). The first-order valence-corrected chi connectivity index (χ1v) is 7.05. The summed E-state index contributed by atoms with van der Waals surface area (Å²) >= 11 is 1.62. The highest BCUT2D eigenvalue weighted by molar-refractivity contribution is 7.21. The third kappa shape index (κ3) is 2.19. The van der Waals surface area contributed by atoms with E-state index < -0.39 is 0 Å². The molecule has 1 aromatic rings. The van der Waals surface area contributed by atoms with Crippen molar-refractivity contribution in [2.45, 2.75) is 6.92 Å². The zero-order valence-electron chi connectivity index (χ0n) is 10.9. The van der Waals surface area contributed by atoms with E-state index in [0.29, 0.717) is 0 Å². The maximum Gasteiger partial charge on any atom is 0.180 e. The van der Waals surface area contributed by atoms with E-state index in [-0.39, 0.29) is 5.43 Å². The molecule has 1 aliphatic carbocycles. The summed E-state index contributed by atoms with van der Waals surface area (Å²) in [5.41, 5.74) is 3.07. The number of hydrogen-bond donors (Lipinski definition) is 0. The topological polar surface area (TPSA) is 33.2 Å². The van der Waals surface area contributed by atoms with Gasteiger partial charge in [-0.1, -0.05) is 0 Å². The van der Waals surface area contributed by atoms with Crippen molar-refractivity contribution in [2.75, 3.05) is 18.5 Å². The van der Waals surface area contributed by atoms with Crippen molar-refractivity contribution in [1.82, 2.24) is 4.98 Å². The molecule has 1 heterocycles. The lowest BCUT2D eigenvalue weighted by atomic mass is 10.2. The van der Waals surface area contributed by atoms with E-state index in [1.54, 1.807) is 29.5 Å². The second-order valence-electron chi connectivity index (χ2n) is 4.51. The molecule has 0 spiro atoms. The fourth-order valence-corrected chi connectivity index (χ4v) is 3.04. The van der Waals surface area contributed by atoms with Crippen LogP contribution < -0.4 is 10.3 Å². The fraction of sp³-hybridized carbons (Fsp3) is 0.200. The zero-order valence-corrected chi connectivity index (χ0v) is 11.7. The van der Waals surface area contributed by atoms with E-state index in [9.17, 15) is 4.79 Å². The molecule has 0 unspecified atom stereocenters. The van der Waals surface area contributed by atoms with Crippen LogP contribution in [-0.2, 0) is 0 Å². The van der Waals surface area contributed by atoms with Gasteiger partial charge in [-0.2, -0.15) is 0 Å². The van der Waals surface area contributed by atoms with E-state index >= 15 is 0 Å². The molecular formula is C15H14N2OS. The van der Waals surface area contributed by atoms with Gasteiger partial charge in [-0.15, -0.1) is 11.3 Å². The first kappa shape index (κ1) is 12.1. The third-order valence-electron chi connectivity index (χ3n) is 3.25. The summed E-state index contributed by atoms with van der Waals surface area (Å²) in [6, 6.07) is 11.3. The minimum absolute atomic E-state index is 0.0340. The first-order valence-electron chi connectivity index (χ1n) is 6.23. The Bertz CT molecular complexity index is 766. The lowest BCUT2D eigenvalue weighted by molar-refractivity contribution is 0.970. The summed E-state index contributed by atoms with van der Waals surface area (Å²) < 4.78 is 1.11. The average Bonchev–Trinajstić information content (AvgIpc) is 2.43. The molecule has 1 aliphatic heterocycles. The van der Waals surface area contributed by atoms with Crippen molar-refractivity contribution in [1.29, 1.82) is 0 Å². The van der Waals surface area contributed by atoms with Crippen LogP contribution in [0.5, 0.6) is 0 Å². The monoisotopic (exact) mass is 270 g/mol. The van der Waals surface area contributed by atoms with Crippen LogP contribution in [0.15, 0.2) is 41.2 Å². The molecule has 2 aliphatic rings. The Kier molecular flexibility index (Phi) is 2.95. The van der Waals surface area contributed by atoms with Crippen molar-refractivity contribution in [3.05, 3.63) is 46.6 Å². The number of benzene rings is 2. The summed E-state index contributed by atoms with van der Waals surface area (Å²) in [6.07, 6.45) is 0. The van der Waals surface area contributed by atoms with Crippen LogP contribution in [0.1, 0.15) is 6.92 Å². The van der Waals surface area contributed by atoms with Crippen LogP contribution in [-0.4, -0.2) is 18.6 Å². The van der Waals surface area contributed by atoms with Gasteiger partial charge in [0.1, 0.15) is 0 Å². The predicted molar refractivity (Wildman–Crippen MR) is 81.5 cm³/mol. The third-order valence-corrected chi connectivity index (χ3v) is 4.34. The number of rotatable bonds is 2. The van der Waals surface area contributed by atoms with Crippen LogP contribution in [0.2, 0.25) is 0 Å². The second kappa shape index (κ2) is 4.63. The summed E-state index contributed by atoms with van der Waals surface area (Å²) in [5.74, 6) is 0. The highest BCUT2D eigenvalue weighted by atomic mass is 32.1. The minimum atomic E-state index is 0.0340. The molecule has 0 bridgehead atoms. The number of nitrogens with zero attached hydrogens (tertiary/aromatic N) is 2. The molecule has 0 saturated heterocycles. The first-order chi connectivity index (χ1) is 9.17.